The Morgan fingerprint density at radius 2 is 2.08 bits per heavy atom. The van der Waals surface area contributed by atoms with Gasteiger partial charge < -0.3 is 25.8 Å². The summed E-state index contributed by atoms with van der Waals surface area (Å²) in [4.78, 5) is 12.7. The van der Waals surface area contributed by atoms with E-state index in [1.165, 1.54) is 10.9 Å². The average Bonchev–Trinajstić information content (AvgIpc) is 3.14. The lowest BCUT2D eigenvalue weighted by Crippen LogP contribution is -2.33. The highest BCUT2D eigenvalue weighted by molar-refractivity contribution is 5.82. The minimum atomic E-state index is -1.23. The van der Waals surface area contributed by atoms with Gasteiger partial charge in [-0.2, -0.15) is 9.97 Å². The Morgan fingerprint density at radius 3 is 2.73 bits per heavy atom. The molecule has 2 aromatic heterocycles. The maximum absolute atomic E-state index is 10.2. The Morgan fingerprint density at radius 1 is 1.31 bits per heavy atom. The molecule has 144 valence electrons. The van der Waals surface area contributed by atoms with Gasteiger partial charge in [0.15, 0.2) is 17.7 Å². The third-order valence-electron chi connectivity index (χ3n) is 4.29. The van der Waals surface area contributed by atoms with Gasteiger partial charge in [0, 0.05) is 6.54 Å². The maximum Gasteiger partial charge on any atom is 0.241 e. The van der Waals surface area contributed by atoms with Crippen LogP contribution in [0.15, 0.2) is 6.33 Å². The highest BCUT2D eigenvalue weighted by atomic mass is 16.6. The number of hydrogen-bond acceptors (Lipinski definition) is 10. The second-order valence-corrected chi connectivity index (χ2v) is 6.72. The largest absolute Gasteiger partial charge is 0.394 e. The summed E-state index contributed by atoms with van der Waals surface area (Å²) >= 11 is 0. The highest BCUT2D eigenvalue weighted by Crippen LogP contribution is 2.32. The molecule has 3 rings (SSSR count). The van der Waals surface area contributed by atoms with E-state index in [1.807, 2.05) is 0 Å². The number of nitrogens with one attached hydrogen (secondary N) is 2. The van der Waals surface area contributed by atoms with Crippen LogP contribution in [0.25, 0.3) is 11.2 Å². The number of aromatic nitrogens is 4. The van der Waals surface area contributed by atoms with E-state index in [9.17, 15) is 15.3 Å². The fourth-order valence-corrected chi connectivity index (χ4v) is 2.79. The van der Waals surface area contributed by atoms with Crippen LogP contribution in [0.5, 0.6) is 0 Å². The predicted molar refractivity (Wildman–Crippen MR) is 93.8 cm³/mol. The molecule has 11 nitrogen and oxygen atoms in total. The Hall–Kier alpha value is -2.05. The predicted octanol–water partition coefficient (Wildman–Crippen LogP) is -1.02. The Labute approximate surface area is 150 Å². The van der Waals surface area contributed by atoms with Crippen molar-refractivity contribution in [3.63, 3.8) is 0 Å². The van der Waals surface area contributed by atoms with Crippen LogP contribution in [0.4, 0.5) is 11.8 Å². The lowest BCUT2D eigenvalue weighted by atomic mass is 10.1. The molecule has 3 heterocycles. The van der Waals surface area contributed by atoms with Crippen molar-refractivity contribution < 1.29 is 20.1 Å². The second-order valence-electron chi connectivity index (χ2n) is 6.72. The molecule has 0 aliphatic carbocycles. The van der Waals surface area contributed by atoms with Gasteiger partial charge in [-0.05, 0) is 12.3 Å². The molecule has 4 atom stereocenters. The first kappa shape index (κ1) is 18.7. The molecule has 1 aliphatic rings. The number of hydrogen-bond donors (Lipinski definition) is 6. The fraction of sp³-hybridized carbons (Fsp3) is 0.667. The van der Waals surface area contributed by atoms with E-state index in [-0.39, 0.29) is 11.8 Å². The molecule has 1 aliphatic heterocycles. The number of anilines is 2. The molecule has 0 saturated carbocycles. The first-order valence-electron chi connectivity index (χ1n) is 8.53. The van der Waals surface area contributed by atoms with Gasteiger partial charge in [-0.25, -0.2) is 10.4 Å². The van der Waals surface area contributed by atoms with Crippen LogP contribution in [0.1, 0.15) is 26.5 Å². The molecule has 26 heavy (non-hydrogen) atoms. The van der Waals surface area contributed by atoms with Crippen molar-refractivity contribution in [3.8, 4) is 0 Å². The van der Waals surface area contributed by atoms with Crippen molar-refractivity contribution in [3.05, 3.63) is 6.33 Å². The summed E-state index contributed by atoms with van der Waals surface area (Å²) in [6, 6.07) is 0. The average molecular weight is 367 g/mol. The van der Waals surface area contributed by atoms with Gasteiger partial charge in [-0.15, -0.1) is 0 Å². The molecule has 1 saturated heterocycles. The van der Waals surface area contributed by atoms with Crippen LogP contribution < -0.4 is 16.6 Å². The van der Waals surface area contributed by atoms with E-state index < -0.39 is 31.1 Å². The summed E-state index contributed by atoms with van der Waals surface area (Å²) < 4.78 is 7.00. The number of aliphatic hydroxyl groups is 3. The summed E-state index contributed by atoms with van der Waals surface area (Å²) in [7, 11) is 0. The van der Waals surface area contributed by atoms with Gasteiger partial charge in [0.25, 0.3) is 0 Å². The van der Waals surface area contributed by atoms with Crippen molar-refractivity contribution >= 4 is 22.9 Å². The number of fused-ring (bicyclic) bond motifs is 1. The quantitative estimate of drug-likeness (QED) is 0.264. The normalized spacial score (nSPS) is 26.1. The molecule has 0 bridgehead atoms. The number of nitrogens with two attached hydrogens (primary N) is 1. The number of aliphatic hydroxyl groups excluding tert-OH is 3. The lowest BCUT2D eigenvalue weighted by molar-refractivity contribution is -0.0511. The smallest absolute Gasteiger partial charge is 0.241 e. The van der Waals surface area contributed by atoms with E-state index in [2.05, 4.69) is 39.7 Å². The number of nitrogen functional groups attached to an aromatic ring is 1. The van der Waals surface area contributed by atoms with Crippen molar-refractivity contribution in [2.24, 2.45) is 5.92 Å². The van der Waals surface area contributed by atoms with Crippen LogP contribution in [-0.4, -0.2) is 66.3 Å². The van der Waals surface area contributed by atoms with Crippen LogP contribution in [0.2, 0.25) is 0 Å². The Bertz CT molecular complexity index is 753. The summed E-state index contributed by atoms with van der Waals surface area (Å²) in [6.45, 7) is 4.57. The van der Waals surface area contributed by atoms with Gasteiger partial charge in [-0.3, -0.25) is 9.99 Å². The van der Waals surface area contributed by atoms with E-state index >= 15 is 0 Å². The van der Waals surface area contributed by atoms with Gasteiger partial charge in [0.2, 0.25) is 5.95 Å². The molecule has 7 N–H and O–H groups in total. The maximum atomic E-state index is 10.2. The topological polar surface area (TPSA) is 164 Å². The number of rotatable bonds is 7. The van der Waals surface area contributed by atoms with Crippen molar-refractivity contribution in [2.45, 2.75) is 44.8 Å². The summed E-state index contributed by atoms with van der Waals surface area (Å²) in [5.41, 5.74) is 12.6. The SMILES string of the molecule is CC(C)CCNNc1nc(N)c2ncn(C3OC(CO)[C@@H](O)[C@H]3O)c2n1. The zero-order valence-electron chi connectivity index (χ0n) is 14.7. The third-order valence-corrected chi connectivity index (χ3v) is 4.29. The first-order chi connectivity index (χ1) is 12.4. The lowest BCUT2D eigenvalue weighted by Gasteiger charge is -2.17. The number of hydrazine groups is 1. The van der Waals surface area contributed by atoms with Crippen molar-refractivity contribution in [1.82, 2.24) is 24.9 Å². The van der Waals surface area contributed by atoms with Crippen LogP contribution >= 0.6 is 0 Å². The highest BCUT2D eigenvalue weighted by Gasteiger charge is 2.44. The van der Waals surface area contributed by atoms with Crippen LogP contribution in [-0.2, 0) is 4.74 Å². The molecule has 0 amide bonds. The molecule has 0 aromatic carbocycles. The van der Waals surface area contributed by atoms with Crippen molar-refractivity contribution in [1.29, 1.82) is 0 Å². The zero-order valence-corrected chi connectivity index (χ0v) is 14.7. The Balaban J connectivity index is 1.83. The third kappa shape index (κ3) is 3.57. The van der Waals surface area contributed by atoms with E-state index in [1.54, 1.807) is 0 Å². The van der Waals surface area contributed by atoms with Crippen LogP contribution in [0.3, 0.4) is 0 Å². The first-order valence-corrected chi connectivity index (χ1v) is 8.53. The summed E-state index contributed by atoms with van der Waals surface area (Å²) in [6.07, 6.45) is -1.89. The Kier molecular flexibility index (Phi) is 5.53. The van der Waals surface area contributed by atoms with Crippen LogP contribution in [0, 0.1) is 5.92 Å². The molecule has 0 radical (unpaired) electrons. The van der Waals surface area contributed by atoms with Crippen molar-refractivity contribution in [2.75, 3.05) is 24.3 Å². The molecule has 2 unspecified atom stereocenters. The monoisotopic (exact) mass is 367 g/mol. The van der Waals surface area contributed by atoms with Gasteiger partial charge in [-0.1, -0.05) is 13.8 Å². The second kappa shape index (κ2) is 7.68. The van der Waals surface area contributed by atoms with E-state index in [4.69, 9.17) is 10.5 Å². The van der Waals surface area contributed by atoms with E-state index in [0.717, 1.165) is 13.0 Å². The minimum Gasteiger partial charge on any atom is -0.394 e. The fourth-order valence-electron chi connectivity index (χ4n) is 2.79. The van der Waals surface area contributed by atoms with Gasteiger partial charge >= 0.3 is 0 Å². The molecule has 2 aromatic rings. The van der Waals surface area contributed by atoms with Gasteiger partial charge in [0.05, 0.1) is 12.9 Å². The standard InChI is InChI=1S/C15H25N7O4/c1-7(2)3-4-18-21-15-19-12(16)9-13(20-15)22(6-17-9)14-11(25)10(24)8(5-23)26-14/h6-8,10-11,14,18,23-25H,3-5H2,1-2H3,(H3,16,19,20,21)/t8?,10-,11-,14?/m1/s1. The summed E-state index contributed by atoms with van der Waals surface area (Å²) in [5, 5.41) is 29.4. The zero-order chi connectivity index (χ0) is 18.8. The molecule has 1 fully saturated rings. The molecular formula is C15H25N7O4. The number of ether oxygens (including phenoxy) is 1. The molecule has 0 spiro atoms. The molecular weight excluding hydrogens is 342 g/mol. The van der Waals surface area contributed by atoms with Gasteiger partial charge in [0.1, 0.15) is 23.8 Å². The van der Waals surface area contributed by atoms with E-state index in [0.29, 0.717) is 17.1 Å². The molecule has 11 heteroatoms. The number of imidazole rings is 1. The summed E-state index contributed by atoms with van der Waals surface area (Å²) in [5.74, 6) is 0.993. The number of nitrogens with zero attached hydrogens (tertiary/aromatic N) is 4. The minimum absolute atomic E-state index is 0.175.